The molecule has 0 bridgehead atoms. The van der Waals surface area contributed by atoms with Gasteiger partial charge in [0.1, 0.15) is 11.3 Å². The van der Waals surface area contributed by atoms with Crippen LogP contribution >= 0.6 is 22.7 Å². The molecule has 7 nitrogen and oxygen atoms in total. The summed E-state index contributed by atoms with van der Waals surface area (Å²) in [5.41, 5.74) is 3.17. The molecule has 4 rings (SSSR count). The summed E-state index contributed by atoms with van der Waals surface area (Å²) >= 11 is 3.02. The number of pyridine rings is 1. The molecule has 4 heterocycles. The number of anilines is 2. The topological polar surface area (TPSA) is 83.9 Å². The van der Waals surface area contributed by atoms with Crippen molar-refractivity contribution in [2.45, 2.75) is 25.7 Å². The number of rotatable bonds is 4. The molecule has 0 spiro atoms. The Balaban J connectivity index is 1.43. The van der Waals surface area contributed by atoms with Crippen molar-refractivity contribution in [1.82, 2.24) is 20.2 Å². The predicted molar refractivity (Wildman–Crippen MR) is 103 cm³/mol. The van der Waals surface area contributed by atoms with Crippen LogP contribution < -0.4 is 10.2 Å². The molecular weight excluding hydrogens is 368 g/mol. The first-order valence-electron chi connectivity index (χ1n) is 8.39. The second-order valence-electron chi connectivity index (χ2n) is 6.22. The van der Waals surface area contributed by atoms with Gasteiger partial charge < -0.3 is 4.90 Å². The van der Waals surface area contributed by atoms with Gasteiger partial charge in [0.15, 0.2) is 0 Å². The van der Waals surface area contributed by atoms with E-state index in [2.05, 4.69) is 35.8 Å². The van der Waals surface area contributed by atoms with Crippen molar-refractivity contribution in [3.63, 3.8) is 0 Å². The van der Waals surface area contributed by atoms with Gasteiger partial charge >= 0.3 is 0 Å². The van der Waals surface area contributed by atoms with E-state index in [0.717, 1.165) is 37.4 Å². The highest BCUT2D eigenvalue weighted by Crippen LogP contribution is 2.31. The highest BCUT2D eigenvalue weighted by atomic mass is 32.1. The number of nitrogens with zero attached hydrogens (tertiary/aromatic N) is 5. The lowest BCUT2D eigenvalue weighted by molar-refractivity contribution is 0.102. The van der Waals surface area contributed by atoms with Crippen molar-refractivity contribution in [2.24, 2.45) is 0 Å². The van der Waals surface area contributed by atoms with Crippen LogP contribution in [0.5, 0.6) is 0 Å². The molecule has 26 heavy (non-hydrogen) atoms. The van der Waals surface area contributed by atoms with Crippen molar-refractivity contribution in [2.75, 3.05) is 23.3 Å². The molecule has 0 radical (unpaired) electrons. The van der Waals surface area contributed by atoms with Crippen LogP contribution in [0.4, 0.5) is 10.9 Å². The van der Waals surface area contributed by atoms with Gasteiger partial charge in [-0.3, -0.25) is 10.1 Å². The molecule has 1 aliphatic rings. The average Bonchev–Trinajstić information content (AvgIpc) is 3.34. The Bertz CT molecular complexity index is 877. The van der Waals surface area contributed by atoms with Crippen molar-refractivity contribution in [3.8, 4) is 0 Å². The standard InChI is InChI=1S/C17H18N6OS2/c1-11-9-25-16(20-11)13-3-2-6-23(8-13)14-5-4-12(7-18-14)15(24)21-17-22-19-10-26-17/h4-5,7,9-10,13H,2-3,6,8H2,1H3,(H,21,22,24). The van der Waals surface area contributed by atoms with Crippen LogP contribution in [0.25, 0.3) is 0 Å². The Kier molecular flexibility index (Phi) is 4.89. The monoisotopic (exact) mass is 386 g/mol. The normalized spacial score (nSPS) is 17.3. The number of aromatic nitrogens is 4. The minimum Gasteiger partial charge on any atom is -0.356 e. The maximum absolute atomic E-state index is 12.2. The average molecular weight is 387 g/mol. The number of aryl methyl sites for hydroxylation is 1. The van der Waals surface area contributed by atoms with Gasteiger partial charge in [0, 0.05) is 36.3 Å². The molecule has 134 valence electrons. The Labute approximate surface area is 159 Å². The van der Waals surface area contributed by atoms with Crippen LogP contribution in [0.1, 0.15) is 39.8 Å². The number of hydrogen-bond donors (Lipinski definition) is 1. The molecule has 9 heteroatoms. The van der Waals surface area contributed by atoms with Gasteiger partial charge in [-0.1, -0.05) is 11.3 Å². The Hall–Kier alpha value is -2.39. The summed E-state index contributed by atoms with van der Waals surface area (Å²) in [7, 11) is 0. The minimum absolute atomic E-state index is 0.226. The summed E-state index contributed by atoms with van der Waals surface area (Å²) in [4.78, 5) is 23.6. The maximum Gasteiger partial charge on any atom is 0.259 e. The number of carbonyl (C=O) groups is 1. The van der Waals surface area contributed by atoms with Crippen molar-refractivity contribution < 1.29 is 4.79 Å². The molecule has 1 fully saturated rings. The number of hydrogen-bond acceptors (Lipinski definition) is 8. The van der Waals surface area contributed by atoms with E-state index in [4.69, 9.17) is 0 Å². The first-order chi connectivity index (χ1) is 12.7. The SMILES string of the molecule is Cc1csc(C2CCCN(c3ccc(C(=O)Nc4nncs4)cn3)C2)n1. The maximum atomic E-state index is 12.2. The lowest BCUT2D eigenvalue weighted by Crippen LogP contribution is -2.35. The van der Waals surface area contributed by atoms with Crippen LogP contribution in [0.3, 0.4) is 0 Å². The third-order valence-electron chi connectivity index (χ3n) is 4.32. The Morgan fingerprint density at radius 3 is 2.96 bits per heavy atom. The third kappa shape index (κ3) is 3.73. The molecule has 1 aliphatic heterocycles. The molecule has 0 aromatic carbocycles. The summed E-state index contributed by atoms with van der Waals surface area (Å²) in [6, 6.07) is 3.71. The smallest absolute Gasteiger partial charge is 0.259 e. The highest BCUT2D eigenvalue weighted by Gasteiger charge is 2.24. The quantitative estimate of drug-likeness (QED) is 0.740. The van der Waals surface area contributed by atoms with Gasteiger partial charge in [0.25, 0.3) is 5.91 Å². The first kappa shape index (κ1) is 17.0. The fourth-order valence-electron chi connectivity index (χ4n) is 3.05. The van der Waals surface area contributed by atoms with E-state index >= 15 is 0 Å². The number of piperidine rings is 1. The van der Waals surface area contributed by atoms with E-state index < -0.39 is 0 Å². The fourth-order valence-corrected chi connectivity index (χ4v) is 4.42. The second kappa shape index (κ2) is 7.46. The minimum atomic E-state index is -0.226. The zero-order valence-corrected chi connectivity index (χ0v) is 15.9. The molecule has 1 atom stereocenters. The van der Waals surface area contributed by atoms with Gasteiger partial charge in [-0.05, 0) is 31.9 Å². The summed E-state index contributed by atoms with van der Waals surface area (Å²) in [6.45, 7) is 3.92. The second-order valence-corrected chi connectivity index (χ2v) is 7.94. The first-order valence-corrected chi connectivity index (χ1v) is 10.2. The zero-order chi connectivity index (χ0) is 17.9. The number of thiazole rings is 1. The number of amides is 1. The van der Waals surface area contributed by atoms with Crippen LogP contribution in [-0.2, 0) is 0 Å². The molecule has 1 amide bonds. The lowest BCUT2D eigenvalue weighted by Gasteiger charge is -2.32. The van der Waals surface area contributed by atoms with E-state index in [1.807, 2.05) is 13.0 Å². The van der Waals surface area contributed by atoms with Crippen LogP contribution in [0, 0.1) is 6.92 Å². The van der Waals surface area contributed by atoms with Crippen LogP contribution in [0.15, 0.2) is 29.2 Å². The molecule has 3 aromatic rings. The van der Waals surface area contributed by atoms with E-state index in [-0.39, 0.29) is 5.91 Å². The van der Waals surface area contributed by atoms with Gasteiger partial charge in [0.2, 0.25) is 5.13 Å². The summed E-state index contributed by atoms with van der Waals surface area (Å²) in [5.74, 6) is 1.12. The summed E-state index contributed by atoms with van der Waals surface area (Å²) in [6.07, 6.45) is 3.89. The lowest BCUT2D eigenvalue weighted by atomic mass is 9.98. The largest absolute Gasteiger partial charge is 0.356 e. The van der Waals surface area contributed by atoms with Crippen molar-refractivity contribution >= 4 is 39.5 Å². The molecular formula is C17H18N6OS2. The fraction of sp³-hybridized carbons (Fsp3) is 0.353. The van der Waals surface area contributed by atoms with E-state index in [1.165, 1.54) is 16.3 Å². The number of nitrogens with one attached hydrogen (secondary N) is 1. The van der Waals surface area contributed by atoms with Gasteiger partial charge in [-0.25, -0.2) is 9.97 Å². The summed E-state index contributed by atoms with van der Waals surface area (Å²) < 4.78 is 0. The van der Waals surface area contributed by atoms with Crippen molar-refractivity contribution in [3.05, 3.63) is 45.5 Å². The highest BCUT2D eigenvalue weighted by molar-refractivity contribution is 7.13. The van der Waals surface area contributed by atoms with Crippen LogP contribution in [0.2, 0.25) is 0 Å². The third-order valence-corrected chi connectivity index (χ3v) is 6.05. The number of carbonyl (C=O) groups excluding carboxylic acids is 1. The van der Waals surface area contributed by atoms with Crippen molar-refractivity contribution in [1.29, 1.82) is 0 Å². The molecule has 3 aromatic heterocycles. The summed E-state index contributed by atoms with van der Waals surface area (Å²) in [5, 5.41) is 14.0. The molecule has 0 saturated carbocycles. The molecule has 1 N–H and O–H groups in total. The Morgan fingerprint density at radius 1 is 1.35 bits per heavy atom. The Morgan fingerprint density at radius 2 is 2.27 bits per heavy atom. The van der Waals surface area contributed by atoms with Crippen LogP contribution in [-0.4, -0.2) is 39.2 Å². The van der Waals surface area contributed by atoms with E-state index in [1.54, 1.807) is 29.1 Å². The van der Waals surface area contributed by atoms with Gasteiger partial charge in [-0.15, -0.1) is 21.5 Å². The molecule has 1 unspecified atom stereocenters. The van der Waals surface area contributed by atoms with Gasteiger partial charge in [0.05, 0.1) is 10.6 Å². The molecule has 1 saturated heterocycles. The van der Waals surface area contributed by atoms with E-state index in [0.29, 0.717) is 16.6 Å². The molecule has 0 aliphatic carbocycles. The predicted octanol–water partition coefficient (Wildman–Crippen LogP) is 3.33. The van der Waals surface area contributed by atoms with E-state index in [9.17, 15) is 4.79 Å². The van der Waals surface area contributed by atoms with Gasteiger partial charge in [-0.2, -0.15) is 0 Å². The zero-order valence-electron chi connectivity index (χ0n) is 14.3.